The number of halogens is 1. The molecule has 0 radical (unpaired) electrons. The Labute approximate surface area is 118 Å². The van der Waals surface area contributed by atoms with Crippen molar-refractivity contribution in [3.05, 3.63) is 52.8 Å². The Morgan fingerprint density at radius 2 is 1.95 bits per heavy atom. The van der Waals surface area contributed by atoms with Gasteiger partial charge in [0.05, 0.1) is 4.47 Å². The standard InChI is InChI=1S/C13H11BrN4O/c14-9-4-1-2-5-10(9)19-8-13-17-16-12-7-3-6-11(15)18(12)13/h1-7H,8,15H2. The summed E-state index contributed by atoms with van der Waals surface area (Å²) in [6.45, 7) is 0.304. The van der Waals surface area contributed by atoms with Crippen LogP contribution in [0.15, 0.2) is 46.9 Å². The molecule has 0 fully saturated rings. The number of hydrogen-bond donors (Lipinski definition) is 1. The van der Waals surface area contributed by atoms with E-state index in [0.717, 1.165) is 10.2 Å². The SMILES string of the molecule is Nc1cccc2nnc(COc3ccccc3Br)n12. The van der Waals surface area contributed by atoms with Gasteiger partial charge in [-0.05, 0) is 40.2 Å². The number of hydrogen-bond acceptors (Lipinski definition) is 4. The number of anilines is 1. The Hall–Kier alpha value is -2.08. The van der Waals surface area contributed by atoms with Crippen LogP contribution in [-0.4, -0.2) is 14.6 Å². The second-order valence-corrected chi connectivity index (χ2v) is 4.83. The number of aromatic nitrogens is 3. The van der Waals surface area contributed by atoms with Crippen molar-refractivity contribution in [3.8, 4) is 5.75 Å². The number of ether oxygens (including phenoxy) is 1. The quantitative estimate of drug-likeness (QED) is 0.806. The average molecular weight is 319 g/mol. The van der Waals surface area contributed by atoms with Crippen molar-refractivity contribution >= 4 is 27.4 Å². The van der Waals surface area contributed by atoms with E-state index in [0.29, 0.717) is 23.9 Å². The van der Waals surface area contributed by atoms with Crippen molar-refractivity contribution in [1.29, 1.82) is 0 Å². The van der Waals surface area contributed by atoms with Crippen molar-refractivity contribution in [2.24, 2.45) is 0 Å². The molecule has 0 aliphatic carbocycles. The van der Waals surface area contributed by atoms with E-state index in [4.69, 9.17) is 10.5 Å². The molecule has 0 atom stereocenters. The number of nitrogens with zero attached hydrogens (tertiary/aromatic N) is 3. The molecule has 1 aromatic carbocycles. The van der Waals surface area contributed by atoms with Crippen LogP contribution in [0.3, 0.4) is 0 Å². The lowest BCUT2D eigenvalue weighted by atomic mass is 10.3. The van der Waals surface area contributed by atoms with Gasteiger partial charge in [0.2, 0.25) is 0 Å². The molecule has 3 aromatic rings. The van der Waals surface area contributed by atoms with Crippen molar-refractivity contribution in [1.82, 2.24) is 14.6 Å². The molecule has 0 aliphatic heterocycles. The summed E-state index contributed by atoms with van der Waals surface area (Å²) in [5.41, 5.74) is 6.63. The number of benzene rings is 1. The van der Waals surface area contributed by atoms with Crippen LogP contribution in [0.4, 0.5) is 5.82 Å². The molecule has 0 aliphatic rings. The zero-order valence-electron chi connectivity index (χ0n) is 9.95. The largest absolute Gasteiger partial charge is 0.484 e. The van der Waals surface area contributed by atoms with Crippen molar-refractivity contribution in [3.63, 3.8) is 0 Å². The molecular weight excluding hydrogens is 308 g/mol. The lowest BCUT2D eigenvalue weighted by molar-refractivity contribution is 0.293. The van der Waals surface area contributed by atoms with E-state index in [-0.39, 0.29) is 0 Å². The van der Waals surface area contributed by atoms with Crippen molar-refractivity contribution in [2.45, 2.75) is 6.61 Å². The second-order valence-electron chi connectivity index (χ2n) is 3.98. The fourth-order valence-corrected chi connectivity index (χ4v) is 2.22. The molecule has 2 heterocycles. The van der Waals surface area contributed by atoms with Gasteiger partial charge in [0.15, 0.2) is 11.5 Å². The summed E-state index contributed by atoms with van der Waals surface area (Å²) in [7, 11) is 0. The minimum absolute atomic E-state index is 0.304. The summed E-state index contributed by atoms with van der Waals surface area (Å²) in [5.74, 6) is 2.02. The molecule has 3 rings (SSSR count). The summed E-state index contributed by atoms with van der Waals surface area (Å²) in [4.78, 5) is 0. The third-order valence-electron chi connectivity index (χ3n) is 2.72. The van der Waals surface area contributed by atoms with Crippen LogP contribution < -0.4 is 10.5 Å². The van der Waals surface area contributed by atoms with Gasteiger partial charge in [-0.2, -0.15) is 0 Å². The van der Waals surface area contributed by atoms with Crippen molar-refractivity contribution in [2.75, 3.05) is 5.73 Å². The first-order chi connectivity index (χ1) is 9.25. The van der Waals surface area contributed by atoms with Gasteiger partial charge < -0.3 is 10.5 Å². The van der Waals surface area contributed by atoms with Crippen LogP contribution in [0, 0.1) is 0 Å². The summed E-state index contributed by atoms with van der Waals surface area (Å²) in [6.07, 6.45) is 0. The first-order valence-corrected chi connectivity index (χ1v) is 6.51. The lowest BCUT2D eigenvalue weighted by Gasteiger charge is -2.07. The van der Waals surface area contributed by atoms with E-state index < -0.39 is 0 Å². The van der Waals surface area contributed by atoms with E-state index >= 15 is 0 Å². The first-order valence-electron chi connectivity index (χ1n) is 5.71. The molecule has 0 bridgehead atoms. The van der Waals surface area contributed by atoms with Gasteiger partial charge in [0, 0.05) is 0 Å². The van der Waals surface area contributed by atoms with Crippen LogP contribution >= 0.6 is 15.9 Å². The van der Waals surface area contributed by atoms with E-state index in [2.05, 4.69) is 26.1 Å². The van der Waals surface area contributed by atoms with Gasteiger partial charge in [0.25, 0.3) is 0 Å². The lowest BCUT2D eigenvalue weighted by Crippen LogP contribution is -2.05. The number of fused-ring (bicyclic) bond motifs is 1. The number of nitrogens with two attached hydrogens (primary N) is 1. The van der Waals surface area contributed by atoms with E-state index in [9.17, 15) is 0 Å². The summed E-state index contributed by atoms with van der Waals surface area (Å²) >= 11 is 3.43. The van der Waals surface area contributed by atoms with Gasteiger partial charge in [0.1, 0.15) is 18.2 Å². The van der Waals surface area contributed by atoms with Crippen LogP contribution in [-0.2, 0) is 6.61 Å². The maximum Gasteiger partial charge on any atom is 0.177 e. The molecule has 0 spiro atoms. The van der Waals surface area contributed by atoms with Crippen LogP contribution in [0.5, 0.6) is 5.75 Å². The fourth-order valence-electron chi connectivity index (χ4n) is 1.82. The first kappa shape index (κ1) is 12.0. The van der Waals surface area contributed by atoms with E-state index in [1.54, 1.807) is 10.5 Å². The topological polar surface area (TPSA) is 65.4 Å². The molecule has 96 valence electrons. The Bertz CT molecular complexity index is 725. The number of para-hydroxylation sites is 1. The van der Waals surface area contributed by atoms with Crippen LogP contribution in [0.1, 0.15) is 5.82 Å². The highest BCUT2D eigenvalue weighted by molar-refractivity contribution is 9.10. The van der Waals surface area contributed by atoms with Gasteiger partial charge in [-0.15, -0.1) is 10.2 Å². The molecule has 5 nitrogen and oxygen atoms in total. The van der Waals surface area contributed by atoms with Gasteiger partial charge in [-0.1, -0.05) is 18.2 Å². The van der Waals surface area contributed by atoms with Gasteiger partial charge in [-0.25, -0.2) is 0 Å². The van der Waals surface area contributed by atoms with E-state index in [1.807, 2.05) is 36.4 Å². The normalized spacial score (nSPS) is 10.8. The Balaban J connectivity index is 1.89. The summed E-state index contributed by atoms with van der Waals surface area (Å²) in [5, 5.41) is 8.15. The van der Waals surface area contributed by atoms with Crippen LogP contribution in [0.2, 0.25) is 0 Å². The van der Waals surface area contributed by atoms with E-state index in [1.165, 1.54) is 0 Å². The Kier molecular flexibility index (Phi) is 3.08. The average Bonchev–Trinajstić information content (AvgIpc) is 2.83. The zero-order valence-corrected chi connectivity index (χ0v) is 11.5. The maximum absolute atomic E-state index is 5.92. The molecule has 0 saturated carbocycles. The maximum atomic E-state index is 5.92. The number of pyridine rings is 1. The molecule has 2 N–H and O–H groups in total. The highest BCUT2D eigenvalue weighted by Gasteiger charge is 2.09. The number of rotatable bonds is 3. The fraction of sp³-hybridized carbons (Fsp3) is 0.0769. The van der Waals surface area contributed by atoms with Gasteiger partial charge >= 0.3 is 0 Å². The minimum Gasteiger partial charge on any atom is -0.484 e. The Morgan fingerprint density at radius 3 is 2.79 bits per heavy atom. The third-order valence-corrected chi connectivity index (χ3v) is 3.37. The minimum atomic E-state index is 0.304. The molecule has 6 heteroatoms. The smallest absolute Gasteiger partial charge is 0.177 e. The molecule has 0 amide bonds. The molecule has 2 aromatic heterocycles. The molecular formula is C13H11BrN4O. The second kappa shape index (κ2) is 4.89. The predicted molar refractivity (Wildman–Crippen MR) is 75.9 cm³/mol. The highest BCUT2D eigenvalue weighted by atomic mass is 79.9. The van der Waals surface area contributed by atoms with Crippen LogP contribution in [0.25, 0.3) is 5.65 Å². The van der Waals surface area contributed by atoms with Gasteiger partial charge in [-0.3, -0.25) is 4.40 Å². The monoisotopic (exact) mass is 318 g/mol. The summed E-state index contributed by atoms with van der Waals surface area (Å²) in [6, 6.07) is 13.2. The van der Waals surface area contributed by atoms with Crippen molar-refractivity contribution < 1.29 is 4.74 Å². The highest BCUT2D eigenvalue weighted by Crippen LogP contribution is 2.24. The molecule has 19 heavy (non-hydrogen) atoms. The Morgan fingerprint density at radius 1 is 1.11 bits per heavy atom. The zero-order chi connectivity index (χ0) is 13.2. The summed E-state index contributed by atoms with van der Waals surface area (Å²) < 4.78 is 8.39. The molecule has 0 saturated heterocycles. The predicted octanol–water partition coefficient (Wildman–Crippen LogP) is 2.65. The number of nitrogen functional groups attached to an aromatic ring is 1. The third kappa shape index (κ3) is 2.26. The molecule has 0 unspecified atom stereocenters.